The molecule has 1 fully saturated rings. The lowest BCUT2D eigenvalue weighted by atomic mass is 10.1. The molecule has 24 heavy (non-hydrogen) atoms. The second kappa shape index (κ2) is 8.24. The minimum atomic E-state index is -0.0978. The molecule has 2 heterocycles. The molecule has 2 aromatic rings. The number of rotatable bonds is 7. The van der Waals surface area contributed by atoms with Gasteiger partial charge in [-0.1, -0.05) is 43.7 Å². The van der Waals surface area contributed by atoms with Crippen molar-refractivity contribution in [2.24, 2.45) is 0 Å². The first-order valence-electron chi connectivity index (χ1n) is 8.69. The van der Waals surface area contributed by atoms with Gasteiger partial charge in [-0.05, 0) is 24.8 Å². The lowest BCUT2D eigenvalue weighted by molar-refractivity contribution is -0.122. The molecule has 0 radical (unpaired) electrons. The van der Waals surface area contributed by atoms with E-state index in [9.17, 15) is 4.79 Å². The summed E-state index contributed by atoms with van der Waals surface area (Å²) in [5.41, 5.74) is 1.21. The van der Waals surface area contributed by atoms with E-state index in [2.05, 4.69) is 38.6 Å². The largest absolute Gasteiger partial charge is 0.354 e. The monoisotopic (exact) mass is 344 g/mol. The lowest BCUT2D eigenvalue weighted by Crippen LogP contribution is -2.43. The second-order valence-electron chi connectivity index (χ2n) is 6.15. The predicted octanol–water partition coefficient (Wildman–Crippen LogP) is 3.01. The van der Waals surface area contributed by atoms with Crippen LogP contribution in [-0.2, 0) is 11.2 Å². The number of amides is 1. The average Bonchev–Trinajstić information content (AvgIpc) is 3.25. The number of nitrogens with one attached hydrogen (secondary N) is 1. The van der Waals surface area contributed by atoms with Crippen LogP contribution >= 0.6 is 11.5 Å². The topological polar surface area (TPSA) is 58.1 Å². The van der Waals surface area contributed by atoms with E-state index in [1.807, 2.05) is 18.2 Å². The summed E-state index contributed by atoms with van der Waals surface area (Å²) >= 11 is 1.40. The van der Waals surface area contributed by atoms with Crippen LogP contribution in [0.4, 0.5) is 5.13 Å². The molecule has 1 amide bonds. The van der Waals surface area contributed by atoms with Gasteiger partial charge in [0.25, 0.3) is 0 Å². The van der Waals surface area contributed by atoms with E-state index in [1.54, 1.807) is 0 Å². The first-order valence-corrected chi connectivity index (χ1v) is 9.46. The Kier molecular flexibility index (Phi) is 5.80. The number of hydrogen-bond acceptors (Lipinski definition) is 5. The van der Waals surface area contributed by atoms with Crippen molar-refractivity contribution in [3.8, 4) is 0 Å². The average molecular weight is 344 g/mol. The van der Waals surface area contributed by atoms with Gasteiger partial charge < -0.3 is 10.2 Å². The Morgan fingerprint density at radius 3 is 3.00 bits per heavy atom. The number of nitrogens with zero attached hydrogens (tertiary/aromatic N) is 3. The summed E-state index contributed by atoms with van der Waals surface area (Å²) in [5, 5.41) is 3.92. The Morgan fingerprint density at radius 1 is 1.38 bits per heavy atom. The summed E-state index contributed by atoms with van der Waals surface area (Å²) in [6.07, 6.45) is 4.77. The van der Waals surface area contributed by atoms with Gasteiger partial charge in [0.2, 0.25) is 11.0 Å². The van der Waals surface area contributed by atoms with Gasteiger partial charge in [-0.3, -0.25) is 4.79 Å². The molecular formula is C18H24N4OS. The van der Waals surface area contributed by atoms with Crippen LogP contribution in [0.2, 0.25) is 0 Å². The van der Waals surface area contributed by atoms with Crippen LogP contribution in [0.5, 0.6) is 0 Å². The van der Waals surface area contributed by atoms with Crippen molar-refractivity contribution >= 4 is 22.6 Å². The van der Waals surface area contributed by atoms with Gasteiger partial charge in [-0.25, -0.2) is 4.98 Å². The predicted molar refractivity (Wildman–Crippen MR) is 97.4 cm³/mol. The molecule has 1 aromatic carbocycles. The molecule has 1 atom stereocenters. The molecule has 0 aliphatic carbocycles. The van der Waals surface area contributed by atoms with Crippen molar-refractivity contribution in [3.63, 3.8) is 0 Å². The molecule has 3 rings (SSSR count). The number of carbonyl (C=O) groups excluding carboxylic acids is 1. The van der Waals surface area contributed by atoms with E-state index in [-0.39, 0.29) is 11.9 Å². The third-order valence-electron chi connectivity index (χ3n) is 4.29. The highest BCUT2D eigenvalue weighted by Gasteiger charge is 2.32. The molecule has 0 bridgehead atoms. The van der Waals surface area contributed by atoms with E-state index in [0.717, 1.165) is 56.1 Å². The maximum absolute atomic E-state index is 12.4. The van der Waals surface area contributed by atoms with Gasteiger partial charge >= 0.3 is 0 Å². The van der Waals surface area contributed by atoms with Crippen LogP contribution in [0.25, 0.3) is 0 Å². The Balaban J connectivity index is 1.64. The Hall–Kier alpha value is -1.95. The third kappa shape index (κ3) is 4.12. The van der Waals surface area contributed by atoms with Crippen molar-refractivity contribution in [2.45, 2.75) is 45.1 Å². The van der Waals surface area contributed by atoms with Crippen LogP contribution in [0.15, 0.2) is 30.3 Å². The quantitative estimate of drug-likeness (QED) is 0.785. The maximum atomic E-state index is 12.4. The zero-order valence-corrected chi connectivity index (χ0v) is 14.9. The zero-order valence-electron chi connectivity index (χ0n) is 14.1. The van der Waals surface area contributed by atoms with Crippen LogP contribution in [-0.4, -0.2) is 34.4 Å². The standard InChI is InChI=1S/C18H24N4OS/c1-2-3-11-19-17(23)15-10-7-12-22(15)18-20-16(21-24-18)13-14-8-5-4-6-9-14/h4-6,8-9,15H,2-3,7,10-13H2,1H3,(H,19,23)/t15-/m0/s1. The van der Waals surface area contributed by atoms with Crippen molar-refractivity contribution in [3.05, 3.63) is 41.7 Å². The first-order chi connectivity index (χ1) is 11.8. The summed E-state index contributed by atoms with van der Waals surface area (Å²) in [6, 6.07) is 10.1. The highest BCUT2D eigenvalue weighted by molar-refractivity contribution is 7.09. The fraction of sp³-hybridized carbons (Fsp3) is 0.500. The lowest BCUT2D eigenvalue weighted by Gasteiger charge is -2.22. The van der Waals surface area contributed by atoms with Gasteiger partial charge in [0, 0.05) is 31.0 Å². The zero-order chi connectivity index (χ0) is 16.8. The third-order valence-corrected chi connectivity index (χ3v) is 5.08. The minimum absolute atomic E-state index is 0.0978. The first kappa shape index (κ1) is 16.9. The van der Waals surface area contributed by atoms with Crippen molar-refractivity contribution < 1.29 is 4.79 Å². The molecule has 5 nitrogen and oxygen atoms in total. The molecule has 1 aliphatic rings. The van der Waals surface area contributed by atoms with Crippen molar-refractivity contribution in [1.82, 2.24) is 14.7 Å². The molecule has 0 unspecified atom stereocenters. The van der Waals surface area contributed by atoms with E-state index >= 15 is 0 Å². The van der Waals surface area contributed by atoms with Crippen LogP contribution in [0.1, 0.15) is 44.0 Å². The molecule has 128 valence electrons. The molecule has 6 heteroatoms. The summed E-state index contributed by atoms with van der Waals surface area (Å²) in [7, 11) is 0. The summed E-state index contributed by atoms with van der Waals surface area (Å²) in [5.74, 6) is 0.957. The Bertz CT molecular complexity index is 658. The molecular weight excluding hydrogens is 320 g/mol. The van der Waals surface area contributed by atoms with E-state index in [1.165, 1.54) is 17.1 Å². The highest BCUT2D eigenvalue weighted by atomic mass is 32.1. The molecule has 1 aromatic heterocycles. The number of hydrogen-bond donors (Lipinski definition) is 1. The Morgan fingerprint density at radius 2 is 2.21 bits per heavy atom. The number of unbranched alkanes of at least 4 members (excludes halogenated alkanes) is 1. The normalized spacial score (nSPS) is 17.2. The Labute approximate surface area is 147 Å². The summed E-state index contributed by atoms with van der Waals surface area (Å²) < 4.78 is 4.48. The van der Waals surface area contributed by atoms with Crippen LogP contribution < -0.4 is 10.2 Å². The fourth-order valence-electron chi connectivity index (χ4n) is 2.99. The van der Waals surface area contributed by atoms with Gasteiger partial charge in [0.1, 0.15) is 11.9 Å². The maximum Gasteiger partial charge on any atom is 0.242 e. The van der Waals surface area contributed by atoms with Gasteiger partial charge in [0.15, 0.2) is 0 Å². The molecule has 1 saturated heterocycles. The molecule has 1 N–H and O–H groups in total. The minimum Gasteiger partial charge on any atom is -0.354 e. The SMILES string of the molecule is CCCCNC(=O)[C@@H]1CCCN1c1nc(Cc2ccccc2)ns1. The number of anilines is 1. The van der Waals surface area contributed by atoms with E-state index in [0.29, 0.717) is 0 Å². The number of carbonyl (C=O) groups is 1. The molecule has 0 saturated carbocycles. The molecule has 1 aliphatic heterocycles. The summed E-state index contributed by atoms with van der Waals surface area (Å²) in [6.45, 7) is 3.77. The number of aromatic nitrogens is 2. The van der Waals surface area contributed by atoms with Crippen molar-refractivity contribution in [1.29, 1.82) is 0 Å². The fourth-order valence-corrected chi connectivity index (χ4v) is 3.75. The highest BCUT2D eigenvalue weighted by Crippen LogP contribution is 2.27. The van der Waals surface area contributed by atoms with Gasteiger partial charge in [-0.15, -0.1) is 0 Å². The number of benzene rings is 1. The van der Waals surface area contributed by atoms with E-state index in [4.69, 9.17) is 0 Å². The van der Waals surface area contributed by atoms with Gasteiger partial charge in [-0.2, -0.15) is 4.37 Å². The van der Waals surface area contributed by atoms with Gasteiger partial charge in [0.05, 0.1) is 0 Å². The smallest absolute Gasteiger partial charge is 0.242 e. The van der Waals surface area contributed by atoms with E-state index < -0.39 is 0 Å². The molecule has 0 spiro atoms. The van der Waals surface area contributed by atoms with Crippen molar-refractivity contribution in [2.75, 3.05) is 18.0 Å². The summed E-state index contributed by atoms with van der Waals surface area (Å²) in [4.78, 5) is 19.2. The second-order valence-corrected chi connectivity index (χ2v) is 6.88. The van der Waals surface area contributed by atoms with Crippen LogP contribution in [0, 0.1) is 0 Å². The van der Waals surface area contributed by atoms with Crippen LogP contribution in [0.3, 0.4) is 0 Å².